The third-order valence-corrected chi connectivity index (χ3v) is 4.11. The highest BCUT2D eigenvalue weighted by Gasteiger charge is 2.14. The molecule has 0 amide bonds. The average molecular weight is 241 g/mol. The second-order valence-electron chi connectivity index (χ2n) is 4.30. The summed E-state index contributed by atoms with van der Waals surface area (Å²) in [5.41, 5.74) is 3.89. The summed E-state index contributed by atoms with van der Waals surface area (Å²) in [6, 6.07) is 15.2. The van der Waals surface area contributed by atoms with Gasteiger partial charge in [-0.15, -0.1) is 0 Å². The van der Waals surface area contributed by atoms with Crippen LogP contribution in [0.2, 0.25) is 0 Å². The van der Waals surface area contributed by atoms with E-state index in [0.717, 1.165) is 6.42 Å². The number of aryl methyl sites for hydroxylation is 1. The van der Waals surface area contributed by atoms with Crippen molar-refractivity contribution in [3.8, 4) is 0 Å². The number of nitrogens with one attached hydrogen (secondary N) is 1. The van der Waals surface area contributed by atoms with E-state index in [-0.39, 0.29) is 0 Å². The van der Waals surface area contributed by atoms with Gasteiger partial charge in [0.1, 0.15) is 0 Å². The van der Waals surface area contributed by atoms with Crippen LogP contribution in [-0.2, 0) is 6.42 Å². The molecular formula is C15H15NS. The van der Waals surface area contributed by atoms with E-state index in [0.29, 0.717) is 0 Å². The van der Waals surface area contributed by atoms with Crippen molar-refractivity contribution < 1.29 is 0 Å². The molecule has 1 heterocycles. The molecular weight excluding hydrogens is 226 g/mol. The second kappa shape index (κ2) is 4.46. The molecule has 0 fully saturated rings. The van der Waals surface area contributed by atoms with Gasteiger partial charge in [-0.05, 0) is 36.2 Å². The topological polar surface area (TPSA) is 12.0 Å². The molecule has 2 aromatic carbocycles. The molecule has 17 heavy (non-hydrogen) atoms. The molecule has 1 aliphatic rings. The summed E-state index contributed by atoms with van der Waals surface area (Å²) in [5.74, 6) is 0. The van der Waals surface area contributed by atoms with Crippen molar-refractivity contribution >= 4 is 23.1 Å². The molecule has 0 bridgehead atoms. The molecule has 0 unspecified atom stereocenters. The van der Waals surface area contributed by atoms with E-state index in [4.69, 9.17) is 0 Å². The van der Waals surface area contributed by atoms with Gasteiger partial charge < -0.3 is 5.32 Å². The highest BCUT2D eigenvalue weighted by Crippen LogP contribution is 2.44. The van der Waals surface area contributed by atoms with Gasteiger partial charge in [-0.1, -0.05) is 43.3 Å². The van der Waals surface area contributed by atoms with Crippen LogP contribution < -0.4 is 5.32 Å². The lowest BCUT2D eigenvalue weighted by molar-refractivity contribution is 0.920. The Hall–Kier alpha value is -1.41. The van der Waals surface area contributed by atoms with Gasteiger partial charge in [0.05, 0.1) is 11.4 Å². The molecule has 0 aromatic heterocycles. The van der Waals surface area contributed by atoms with Crippen LogP contribution in [-0.4, -0.2) is 0 Å². The van der Waals surface area contributed by atoms with Gasteiger partial charge in [-0.25, -0.2) is 0 Å². The lowest BCUT2D eigenvalue weighted by atomic mass is 10.1. The quantitative estimate of drug-likeness (QED) is 0.688. The van der Waals surface area contributed by atoms with Crippen LogP contribution in [0, 0.1) is 0 Å². The monoisotopic (exact) mass is 241 g/mol. The fourth-order valence-corrected chi connectivity index (χ4v) is 3.10. The van der Waals surface area contributed by atoms with Crippen LogP contribution in [0.4, 0.5) is 11.4 Å². The number of anilines is 2. The Bertz CT molecular complexity index is 548. The molecule has 0 saturated heterocycles. The molecule has 3 rings (SSSR count). The lowest BCUT2D eigenvalue weighted by Gasteiger charge is -2.21. The maximum absolute atomic E-state index is 3.52. The van der Waals surface area contributed by atoms with Crippen molar-refractivity contribution in [3.05, 3.63) is 48.0 Å². The molecule has 0 atom stereocenters. The van der Waals surface area contributed by atoms with E-state index in [1.807, 2.05) is 11.8 Å². The van der Waals surface area contributed by atoms with E-state index in [9.17, 15) is 0 Å². The van der Waals surface area contributed by atoms with Crippen LogP contribution in [0.5, 0.6) is 0 Å². The Morgan fingerprint density at radius 1 is 1.00 bits per heavy atom. The Kier molecular flexibility index (Phi) is 2.81. The summed E-state index contributed by atoms with van der Waals surface area (Å²) in [4.78, 5) is 2.63. The van der Waals surface area contributed by atoms with E-state index in [1.54, 1.807) is 0 Å². The van der Waals surface area contributed by atoms with Gasteiger partial charge in [0, 0.05) is 9.79 Å². The standard InChI is InChI=1S/C15H15NS/c1-2-5-11-8-9-15-13(10-11)16-12-6-3-4-7-14(12)17-15/h3-4,6-10,16H,2,5H2,1H3. The Morgan fingerprint density at radius 3 is 2.71 bits per heavy atom. The highest BCUT2D eigenvalue weighted by atomic mass is 32.2. The normalized spacial score (nSPS) is 12.5. The number of para-hydroxylation sites is 1. The van der Waals surface area contributed by atoms with Gasteiger partial charge in [-0.3, -0.25) is 0 Å². The average Bonchev–Trinajstić information content (AvgIpc) is 2.36. The number of rotatable bonds is 2. The molecule has 0 saturated carbocycles. The van der Waals surface area contributed by atoms with Gasteiger partial charge >= 0.3 is 0 Å². The molecule has 2 aromatic rings. The number of benzene rings is 2. The van der Waals surface area contributed by atoms with Crippen molar-refractivity contribution in [1.29, 1.82) is 0 Å². The molecule has 1 N–H and O–H groups in total. The van der Waals surface area contributed by atoms with Crippen molar-refractivity contribution in [2.45, 2.75) is 29.6 Å². The van der Waals surface area contributed by atoms with Crippen molar-refractivity contribution in [1.82, 2.24) is 0 Å². The number of fused-ring (bicyclic) bond motifs is 2. The summed E-state index contributed by atoms with van der Waals surface area (Å²) in [5, 5.41) is 3.52. The van der Waals surface area contributed by atoms with E-state index in [1.165, 1.54) is 33.2 Å². The van der Waals surface area contributed by atoms with E-state index < -0.39 is 0 Å². The first kappa shape index (κ1) is 10.7. The van der Waals surface area contributed by atoms with Gasteiger partial charge in [0.25, 0.3) is 0 Å². The predicted octanol–water partition coefficient (Wildman–Crippen LogP) is 4.85. The summed E-state index contributed by atoms with van der Waals surface area (Å²) < 4.78 is 0. The zero-order valence-corrected chi connectivity index (χ0v) is 10.7. The van der Waals surface area contributed by atoms with Gasteiger partial charge in [0.15, 0.2) is 0 Å². The summed E-state index contributed by atoms with van der Waals surface area (Å²) in [6.45, 7) is 2.22. The minimum atomic E-state index is 1.15. The lowest BCUT2D eigenvalue weighted by Crippen LogP contribution is -2.00. The highest BCUT2D eigenvalue weighted by molar-refractivity contribution is 7.99. The minimum absolute atomic E-state index is 1.15. The van der Waals surface area contributed by atoms with Crippen LogP contribution in [0.1, 0.15) is 18.9 Å². The molecule has 1 nitrogen and oxygen atoms in total. The van der Waals surface area contributed by atoms with Crippen LogP contribution in [0.15, 0.2) is 52.3 Å². The van der Waals surface area contributed by atoms with Crippen LogP contribution >= 0.6 is 11.8 Å². The smallest absolute Gasteiger partial charge is 0.0529 e. The van der Waals surface area contributed by atoms with Crippen molar-refractivity contribution in [2.24, 2.45) is 0 Å². The molecule has 0 aliphatic carbocycles. The zero-order valence-electron chi connectivity index (χ0n) is 9.86. The first-order chi connectivity index (χ1) is 8.36. The first-order valence-corrected chi connectivity index (χ1v) is 6.85. The summed E-state index contributed by atoms with van der Waals surface area (Å²) in [6.07, 6.45) is 2.35. The molecule has 1 aliphatic heterocycles. The zero-order chi connectivity index (χ0) is 11.7. The largest absolute Gasteiger partial charge is 0.354 e. The Morgan fingerprint density at radius 2 is 1.82 bits per heavy atom. The first-order valence-electron chi connectivity index (χ1n) is 6.03. The van der Waals surface area contributed by atoms with E-state index in [2.05, 4.69) is 54.7 Å². The minimum Gasteiger partial charge on any atom is -0.354 e. The van der Waals surface area contributed by atoms with Crippen molar-refractivity contribution in [3.63, 3.8) is 0 Å². The maximum atomic E-state index is 3.52. The Labute approximate surface area is 106 Å². The van der Waals surface area contributed by atoms with Gasteiger partial charge in [0.2, 0.25) is 0 Å². The molecule has 86 valence electrons. The fraction of sp³-hybridized carbons (Fsp3) is 0.200. The molecule has 0 radical (unpaired) electrons. The predicted molar refractivity (Wildman–Crippen MR) is 74.3 cm³/mol. The van der Waals surface area contributed by atoms with Crippen molar-refractivity contribution in [2.75, 3.05) is 5.32 Å². The third kappa shape index (κ3) is 2.05. The molecule has 0 spiro atoms. The summed E-state index contributed by atoms with van der Waals surface area (Å²) in [7, 11) is 0. The third-order valence-electron chi connectivity index (χ3n) is 2.96. The van der Waals surface area contributed by atoms with E-state index >= 15 is 0 Å². The fourth-order valence-electron chi connectivity index (χ4n) is 2.13. The number of hydrogen-bond acceptors (Lipinski definition) is 2. The molecule has 2 heteroatoms. The van der Waals surface area contributed by atoms with Gasteiger partial charge in [-0.2, -0.15) is 0 Å². The number of hydrogen-bond donors (Lipinski definition) is 1. The summed E-state index contributed by atoms with van der Waals surface area (Å²) >= 11 is 1.85. The van der Waals surface area contributed by atoms with Crippen LogP contribution in [0.3, 0.4) is 0 Å². The van der Waals surface area contributed by atoms with Crippen LogP contribution in [0.25, 0.3) is 0 Å². The Balaban J connectivity index is 1.97. The second-order valence-corrected chi connectivity index (χ2v) is 5.39. The maximum Gasteiger partial charge on any atom is 0.0529 e. The SMILES string of the molecule is CCCc1ccc2c(c1)Nc1ccccc1S2.